The highest BCUT2D eigenvalue weighted by Crippen LogP contribution is 2.16. The number of ether oxygens (including phenoxy) is 1. The number of amides is 1. The van der Waals surface area contributed by atoms with Gasteiger partial charge in [-0.25, -0.2) is 5.43 Å². The van der Waals surface area contributed by atoms with Gasteiger partial charge in [0.2, 0.25) is 0 Å². The highest BCUT2D eigenvalue weighted by Gasteiger charge is 2.09. The van der Waals surface area contributed by atoms with Gasteiger partial charge in [-0.1, -0.05) is 19.1 Å². The molecule has 0 unspecified atom stereocenters. The number of nitrogens with zero attached hydrogens (tertiary/aromatic N) is 1. The second-order valence-electron chi connectivity index (χ2n) is 3.34. The Kier molecular flexibility index (Phi) is 4.51. The van der Waals surface area contributed by atoms with Gasteiger partial charge in [-0.15, -0.1) is 0 Å². The number of carbonyl (C=O) groups is 1. The molecule has 0 fully saturated rings. The summed E-state index contributed by atoms with van der Waals surface area (Å²) in [6.07, 6.45) is 0.812. The average Bonchev–Trinajstić information content (AvgIpc) is 2.35. The van der Waals surface area contributed by atoms with Gasteiger partial charge in [-0.05, 0) is 25.5 Å². The first-order valence-electron chi connectivity index (χ1n) is 5.15. The molecule has 0 saturated heterocycles. The Hall–Kier alpha value is -1.84. The molecular formula is C12H16N2O2. The largest absolute Gasteiger partial charge is 0.496 e. The van der Waals surface area contributed by atoms with Crippen LogP contribution < -0.4 is 10.2 Å². The van der Waals surface area contributed by atoms with Gasteiger partial charge in [-0.2, -0.15) is 5.10 Å². The molecule has 0 bridgehead atoms. The van der Waals surface area contributed by atoms with Crippen LogP contribution in [0.2, 0.25) is 0 Å². The van der Waals surface area contributed by atoms with E-state index in [9.17, 15) is 4.79 Å². The third-order valence-electron chi connectivity index (χ3n) is 2.21. The summed E-state index contributed by atoms with van der Waals surface area (Å²) >= 11 is 0. The number of para-hydroxylation sites is 1. The fourth-order valence-electron chi connectivity index (χ4n) is 1.12. The van der Waals surface area contributed by atoms with Crippen molar-refractivity contribution in [2.75, 3.05) is 7.11 Å². The van der Waals surface area contributed by atoms with E-state index in [0.29, 0.717) is 11.3 Å². The van der Waals surface area contributed by atoms with Crippen LogP contribution in [0, 0.1) is 0 Å². The van der Waals surface area contributed by atoms with E-state index in [-0.39, 0.29) is 5.91 Å². The van der Waals surface area contributed by atoms with Crippen LogP contribution in [0.15, 0.2) is 29.4 Å². The van der Waals surface area contributed by atoms with E-state index in [4.69, 9.17) is 4.74 Å². The molecule has 4 heteroatoms. The lowest BCUT2D eigenvalue weighted by Gasteiger charge is -2.06. The Labute approximate surface area is 95.3 Å². The summed E-state index contributed by atoms with van der Waals surface area (Å²) in [5.41, 5.74) is 3.86. The highest BCUT2D eigenvalue weighted by molar-refractivity contribution is 5.97. The lowest BCUT2D eigenvalue weighted by atomic mass is 10.2. The predicted molar refractivity (Wildman–Crippen MR) is 63.9 cm³/mol. The Bertz CT molecular complexity index is 400. The van der Waals surface area contributed by atoms with Crippen LogP contribution >= 0.6 is 0 Å². The first kappa shape index (κ1) is 12.2. The average molecular weight is 220 g/mol. The van der Waals surface area contributed by atoms with E-state index in [0.717, 1.165) is 12.1 Å². The van der Waals surface area contributed by atoms with Crippen molar-refractivity contribution in [2.24, 2.45) is 5.10 Å². The Morgan fingerprint density at radius 3 is 2.75 bits per heavy atom. The zero-order valence-corrected chi connectivity index (χ0v) is 9.78. The van der Waals surface area contributed by atoms with E-state index in [2.05, 4.69) is 10.5 Å². The molecule has 0 aliphatic carbocycles. The second kappa shape index (κ2) is 5.90. The lowest BCUT2D eigenvalue weighted by molar-refractivity contribution is 0.0951. The molecule has 1 aromatic carbocycles. The van der Waals surface area contributed by atoms with Crippen molar-refractivity contribution in [1.29, 1.82) is 0 Å². The van der Waals surface area contributed by atoms with E-state index in [1.165, 1.54) is 7.11 Å². The van der Waals surface area contributed by atoms with Gasteiger partial charge < -0.3 is 4.74 Å². The Balaban J connectivity index is 2.80. The summed E-state index contributed by atoms with van der Waals surface area (Å²) in [7, 11) is 1.53. The summed E-state index contributed by atoms with van der Waals surface area (Å²) in [5.74, 6) is 0.287. The molecule has 0 aliphatic heterocycles. The van der Waals surface area contributed by atoms with Crippen molar-refractivity contribution in [1.82, 2.24) is 5.43 Å². The van der Waals surface area contributed by atoms with Crippen molar-refractivity contribution < 1.29 is 9.53 Å². The standard InChI is InChI=1S/C12H16N2O2/c1-4-9(2)13-14-12(15)10-7-5-6-8-11(10)16-3/h5-8H,4H2,1-3H3,(H,14,15)/b13-9-. The molecule has 0 aliphatic rings. The number of hydrazone groups is 1. The lowest BCUT2D eigenvalue weighted by Crippen LogP contribution is -2.19. The van der Waals surface area contributed by atoms with Crippen LogP contribution in [-0.2, 0) is 0 Å². The molecule has 0 atom stereocenters. The molecule has 0 spiro atoms. The van der Waals surface area contributed by atoms with Gasteiger partial charge in [0.25, 0.3) is 5.91 Å². The molecule has 1 N–H and O–H groups in total. The molecule has 1 aromatic rings. The number of hydrogen-bond donors (Lipinski definition) is 1. The molecule has 0 heterocycles. The molecule has 86 valence electrons. The van der Waals surface area contributed by atoms with Crippen LogP contribution in [0.4, 0.5) is 0 Å². The van der Waals surface area contributed by atoms with Crippen molar-refractivity contribution in [3.8, 4) is 5.75 Å². The third-order valence-corrected chi connectivity index (χ3v) is 2.21. The number of benzene rings is 1. The van der Waals surface area contributed by atoms with Crippen LogP contribution in [-0.4, -0.2) is 18.7 Å². The van der Waals surface area contributed by atoms with Gasteiger partial charge in [0.15, 0.2) is 0 Å². The van der Waals surface area contributed by atoms with Crippen molar-refractivity contribution in [3.05, 3.63) is 29.8 Å². The molecule has 0 aromatic heterocycles. The monoisotopic (exact) mass is 220 g/mol. The Morgan fingerprint density at radius 2 is 2.12 bits per heavy atom. The van der Waals surface area contributed by atoms with Crippen LogP contribution in [0.25, 0.3) is 0 Å². The summed E-state index contributed by atoms with van der Waals surface area (Å²) in [4.78, 5) is 11.7. The van der Waals surface area contributed by atoms with Gasteiger partial charge >= 0.3 is 0 Å². The molecule has 1 amide bonds. The number of hydrogen-bond acceptors (Lipinski definition) is 3. The summed E-state index contributed by atoms with van der Waals surface area (Å²) < 4.78 is 5.09. The minimum Gasteiger partial charge on any atom is -0.496 e. The van der Waals surface area contributed by atoms with Crippen LogP contribution in [0.5, 0.6) is 5.75 Å². The van der Waals surface area contributed by atoms with Crippen LogP contribution in [0.3, 0.4) is 0 Å². The summed E-state index contributed by atoms with van der Waals surface area (Å²) in [5, 5.41) is 3.96. The highest BCUT2D eigenvalue weighted by atomic mass is 16.5. The maximum absolute atomic E-state index is 11.7. The van der Waals surface area contributed by atoms with E-state index < -0.39 is 0 Å². The molecule has 4 nitrogen and oxygen atoms in total. The summed E-state index contributed by atoms with van der Waals surface area (Å²) in [6, 6.07) is 7.04. The number of methoxy groups -OCH3 is 1. The smallest absolute Gasteiger partial charge is 0.275 e. The third kappa shape index (κ3) is 3.08. The van der Waals surface area contributed by atoms with E-state index >= 15 is 0 Å². The number of nitrogens with one attached hydrogen (secondary N) is 1. The van der Waals surface area contributed by atoms with Gasteiger partial charge in [-0.3, -0.25) is 4.79 Å². The van der Waals surface area contributed by atoms with Crippen LogP contribution in [0.1, 0.15) is 30.6 Å². The molecule has 16 heavy (non-hydrogen) atoms. The van der Waals surface area contributed by atoms with Crippen molar-refractivity contribution in [3.63, 3.8) is 0 Å². The van der Waals surface area contributed by atoms with Gasteiger partial charge in [0, 0.05) is 5.71 Å². The first-order valence-corrected chi connectivity index (χ1v) is 5.15. The zero-order chi connectivity index (χ0) is 12.0. The normalized spacial score (nSPS) is 11.1. The first-order chi connectivity index (χ1) is 7.69. The maximum Gasteiger partial charge on any atom is 0.275 e. The van der Waals surface area contributed by atoms with E-state index in [1.807, 2.05) is 19.9 Å². The van der Waals surface area contributed by atoms with Crippen molar-refractivity contribution >= 4 is 11.6 Å². The fraction of sp³-hybridized carbons (Fsp3) is 0.333. The topological polar surface area (TPSA) is 50.7 Å². The minimum atomic E-state index is -0.259. The SMILES string of the molecule is CC/C(C)=N\NC(=O)c1ccccc1OC. The fourth-order valence-corrected chi connectivity index (χ4v) is 1.12. The zero-order valence-electron chi connectivity index (χ0n) is 9.78. The number of rotatable bonds is 4. The molecular weight excluding hydrogens is 204 g/mol. The molecule has 1 rings (SSSR count). The molecule has 0 saturated carbocycles. The predicted octanol–water partition coefficient (Wildman–Crippen LogP) is 2.21. The quantitative estimate of drug-likeness (QED) is 0.624. The molecule has 0 radical (unpaired) electrons. The summed E-state index contributed by atoms with van der Waals surface area (Å²) in [6.45, 7) is 3.84. The maximum atomic E-state index is 11.7. The van der Waals surface area contributed by atoms with Gasteiger partial charge in [0.1, 0.15) is 5.75 Å². The number of carbonyl (C=O) groups excluding carboxylic acids is 1. The Morgan fingerprint density at radius 1 is 1.44 bits per heavy atom. The van der Waals surface area contributed by atoms with Crippen molar-refractivity contribution in [2.45, 2.75) is 20.3 Å². The second-order valence-corrected chi connectivity index (χ2v) is 3.34. The minimum absolute atomic E-state index is 0.259. The van der Waals surface area contributed by atoms with E-state index in [1.54, 1.807) is 18.2 Å². The van der Waals surface area contributed by atoms with Gasteiger partial charge in [0.05, 0.1) is 12.7 Å².